The van der Waals surface area contributed by atoms with Crippen LogP contribution in [-0.4, -0.2) is 4.68 Å². The van der Waals surface area contributed by atoms with Gasteiger partial charge in [-0.1, -0.05) is 24.6 Å². The van der Waals surface area contributed by atoms with E-state index in [0.29, 0.717) is 5.92 Å². The average Bonchev–Trinajstić information content (AvgIpc) is 2.97. The third-order valence-electron chi connectivity index (χ3n) is 6.63. The zero-order valence-electron chi connectivity index (χ0n) is 17.9. The van der Waals surface area contributed by atoms with Gasteiger partial charge in [-0.25, -0.2) is 0 Å². The molecule has 1 heterocycles. The van der Waals surface area contributed by atoms with E-state index in [-0.39, 0.29) is 0 Å². The van der Waals surface area contributed by atoms with E-state index in [1.54, 1.807) is 0 Å². The number of benzene rings is 2. The molecule has 1 aliphatic carbocycles. The monoisotopic (exact) mass is 373 g/mol. The maximum absolute atomic E-state index is 6.30. The van der Waals surface area contributed by atoms with Gasteiger partial charge in [0.15, 0.2) is 0 Å². The highest BCUT2D eigenvalue weighted by atomic mass is 15.4. The summed E-state index contributed by atoms with van der Waals surface area (Å²) in [6.45, 7) is 13.9. The van der Waals surface area contributed by atoms with Gasteiger partial charge in [0.1, 0.15) is 0 Å². The first kappa shape index (κ1) is 18.7. The van der Waals surface area contributed by atoms with Crippen LogP contribution in [0.25, 0.3) is 17.0 Å². The zero-order chi connectivity index (χ0) is 20.2. The molecule has 1 aliphatic rings. The second kappa shape index (κ2) is 6.73. The van der Waals surface area contributed by atoms with Crippen LogP contribution in [0.5, 0.6) is 0 Å². The molecule has 146 valence electrons. The van der Waals surface area contributed by atoms with Crippen LogP contribution in [0.4, 0.5) is 5.69 Å². The molecule has 28 heavy (non-hydrogen) atoms. The fraction of sp³-hybridized carbons (Fsp3) is 0.360. The summed E-state index contributed by atoms with van der Waals surface area (Å²) in [6.07, 6.45) is 5.70. The Morgan fingerprint density at radius 1 is 1.04 bits per heavy atom. The van der Waals surface area contributed by atoms with Gasteiger partial charge < -0.3 is 11.2 Å². The molecule has 0 saturated heterocycles. The molecular weight excluding hydrogens is 342 g/mol. The lowest BCUT2D eigenvalue weighted by molar-refractivity contribution is 0.712. The fourth-order valence-electron chi connectivity index (χ4n) is 4.54. The van der Waals surface area contributed by atoms with Crippen LogP contribution in [0.3, 0.4) is 0 Å². The van der Waals surface area contributed by atoms with Gasteiger partial charge in [0.2, 0.25) is 0 Å². The summed E-state index contributed by atoms with van der Waals surface area (Å²) in [4.78, 5) is 0. The summed E-state index contributed by atoms with van der Waals surface area (Å²) < 4.78 is 2.28. The Labute approximate surface area is 168 Å². The Balaban J connectivity index is 1.80. The van der Waals surface area contributed by atoms with Crippen molar-refractivity contribution >= 4 is 22.7 Å². The van der Waals surface area contributed by atoms with Gasteiger partial charge in [-0.05, 0) is 98.5 Å². The molecule has 0 bridgehead atoms. The van der Waals surface area contributed by atoms with Crippen molar-refractivity contribution in [2.75, 3.05) is 11.2 Å². The van der Waals surface area contributed by atoms with E-state index in [0.717, 1.165) is 18.7 Å². The average molecular weight is 374 g/mol. The fourth-order valence-corrected chi connectivity index (χ4v) is 4.54. The van der Waals surface area contributed by atoms with Crippen molar-refractivity contribution in [3.8, 4) is 0 Å². The third kappa shape index (κ3) is 2.81. The Kier molecular flexibility index (Phi) is 4.49. The molecule has 0 fully saturated rings. The number of anilines is 1. The molecule has 3 aromatic rings. The van der Waals surface area contributed by atoms with Gasteiger partial charge >= 0.3 is 0 Å². The summed E-state index contributed by atoms with van der Waals surface area (Å²) in [5, 5.41) is 1.37. The number of nitrogens with zero attached hydrogens (tertiary/aromatic N) is 1. The highest BCUT2D eigenvalue weighted by Gasteiger charge is 2.21. The van der Waals surface area contributed by atoms with E-state index in [4.69, 9.17) is 5.73 Å². The smallest absolute Gasteiger partial charge is 0.0702 e. The van der Waals surface area contributed by atoms with Crippen LogP contribution in [0.15, 0.2) is 24.3 Å². The number of hydrogen-bond acceptors (Lipinski definition) is 2. The highest BCUT2D eigenvalue weighted by Crippen LogP contribution is 2.34. The molecule has 0 amide bonds. The first-order valence-electron chi connectivity index (χ1n) is 10.2. The lowest BCUT2D eigenvalue weighted by Gasteiger charge is -2.21. The van der Waals surface area contributed by atoms with E-state index in [2.05, 4.69) is 82.0 Å². The summed E-state index contributed by atoms with van der Waals surface area (Å²) in [7, 11) is 0. The topological polar surface area (TPSA) is 43.0 Å². The normalized spacial score (nSPS) is 15.9. The molecule has 3 heteroatoms. The van der Waals surface area contributed by atoms with Crippen molar-refractivity contribution in [3.63, 3.8) is 0 Å². The molecule has 1 aromatic heterocycles. The Hall–Kier alpha value is -2.68. The van der Waals surface area contributed by atoms with Gasteiger partial charge in [-0.3, -0.25) is 4.68 Å². The van der Waals surface area contributed by atoms with Gasteiger partial charge in [0.05, 0.1) is 17.8 Å². The summed E-state index contributed by atoms with van der Waals surface area (Å²) in [6, 6.07) is 6.77. The number of nitrogens with one attached hydrogen (secondary N) is 1. The SMILES string of the molecule is Cc1ccc2c(c1)c1c(n2NCc2c(C)c(C)c(N)c(C)c2C)C=CC(C)C1. The maximum Gasteiger partial charge on any atom is 0.0702 e. The Morgan fingerprint density at radius 3 is 2.39 bits per heavy atom. The predicted octanol–water partition coefficient (Wildman–Crippen LogP) is 5.71. The molecule has 1 atom stereocenters. The van der Waals surface area contributed by atoms with E-state index < -0.39 is 0 Å². The second-order valence-corrected chi connectivity index (χ2v) is 8.49. The second-order valence-electron chi connectivity index (χ2n) is 8.49. The van der Waals surface area contributed by atoms with Gasteiger partial charge in [-0.15, -0.1) is 0 Å². The molecule has 3 nitrogen and oxygen atoms in total. The van der Waals surface area contributed by atoms with Crippen LogP contribution in [0.1, 0.15) is 51.6 Å². The predicted molar refractivity (Wildman–Crippen MR) is 121 cm³/mol. The number of aryl methyl sites for hydroxylation is 1. The minimum atomic E-state index is 0.582. The number of rotatable bonds is 3. The van der Waals surface area contributed by atoms with Gasteiger partial charge in [-0.2, -0.15) is 0 Å². The molecule has 0 aliphatic heterocycles. The van der Waals surface area contributed by atoms with Gasteiger partial charge in [0.25, 0.3) is 0 Å². The number of fused-ring (bicyclic) bond motifs is 3. The minimum absolute atomic E-state index is 0.582. The summed E-state index contributed by atoms with van der Waals surface area (Å²) in [5.74, 6) is 0.582. The van der Waals surface area contributed by atoms with E-state index >= 15 is 0 Å². The van der Waals surface area contributed by atoms with Crippen molar-refractivity contribution in [2.24, 2.45) is 5.92 Å². The van der Waals surface area contributed by atoms with Crippen LogP contribution < -0.4 is 11.2 Å². The largest absolute Gasteiger partial charge is 0.398 e. The minimum Gasteiger partial charge on any atom is -0.398 e. The number of nitrogens with two attached hydrogens (primary N) is 1. The van der Waals surface area contributed by atoms with E-state index in [1.165, 1.54) is 55.5 Å². The lowest BCUT2D eigenvalue weighted by atomic mass is 9.92. The summed E-state index contributed by atoms with van der Waals surface area (Å²) >= 11 is 0. The zero-order valence-corrected chi connectivity index (χ0v) is 17.9. The molecule has 4 rings (SSSR count). The highest BCUT2D eigenvalue weighted by molar-refractivity contribution is 5.89. The van der Waals surface area contributed by atoms with Crippen molar-refractivity contribution in [2.45, 2.75) is 54.5 Å². The van der Waals surface area contributed by atoms with Gasteiger partial charge in [0, 0.05) is 11.1 Å². The van der Waals surface area contributed by atoms with Crippen molar-refractivity contribution < 1.29 is 0 Å². The van der Waals surface area contributed by atoms with Crippen molar-refractivity contribution in [1.29, 1.82) is 0 Å². The van der Waals surface area contributed by atoms with Crippen molar-refractivity contribution in [1.82, 2.24) is 4.68 Å². The molecule has 3 N–H and O–H groups in total. The number of allylic oxidation sites excluding steroid dienone is 1. The molecular formula is C25H31N3. The number of aromatic nitrogens is 1. The van der Waals surface area contributed by atoms with Crippen LogP contribution in [0, 0.1) is 40.5 Å². The number of nitrogen functional groups attached to an aromatic ring is 1. The molecule has 0 spiro atoms. The quantitative estimate of drug-likeness (QED) is 0.577. The van der Waals surface area contributed by atoms with Crippen LogP contribution in [0.2, 0.25) is 0 Å². The molecule has 2 aromatic carbocycles. The summed E-state index contributed by atoms with van der Waals surface area (Å²) in [5.41, 5.74) is 22.6. The van der Waals surface area contributed by atoms with Crippen LogP contribution in [-0.2, 0) is 13.0 Å². The van der Waals surface area contributed by atoms with Crippen LogP contribution >= 0.6 is 0 Å². The Morgan fingerprint density at radius 2 is 1.71 bits per heavy atom. The maximum atomic E-state index is 6.30. The van der Waals surface area contributed by atoms with Crippen molar-refractivity contribution in [3.05, 3.63) is 68.9 Å². The lowest BCUT2D eigenvalue weighted by Crippen LogP contribution is -2.19. The third-order valence-corrected chi connectivity index (χ3v) is 6.63. The Bertz CT molecular complexity index is 1090. The molecule has 1 unspecified atom stereocenters. The van der Waals surface area contributed by atoms with E-state index in [9.17, 15) is 0 Å². The van der Waals surface area contributed by atoms with E-state index in [1.807, 2.05) is 0 Å². The first-order chi connectivity index (χ1) is 13.3. The number of hydrogen-bond donors (Lipinski definition) is 2. The first-order valence-corrected chi connectivity index (χ1v) is 10.2. The standard InChI is InChI=1S/C25H31N3/c1-14-7-9-23-20(11-14)21-12-15(2)8-10-24(21)28(23)27-13-22-16(3)18(5)25(26)19(6)17(22)4/h7-11,15,27H,12-13,26H2,1-6H3. The molecule has 0 saturated carbocycles. The molecule has 0 radical (unpaired) electrons.